The molecular formula is C14H27NO2S. The van der Waals surface area contributed by atoms with Gasteiger partial charge in [-0.2, -0.15) is 0 Å². The number of sulfone groups is 1. The van der Waals surface area contributed by atoms with E-state index in [-0.39, 0.29) is 6.04 Å². The normalized spacial score (nSPS) is 30.4. The lowest BCUT2D eigenvalue weighted by atomic mass is 9.84. The van der Waals surface area contributed by atoms with E-state index in [1.54, 1.807) is 0 Å². The van der Waals surface area contributed by atoms with Crippen LogP contribution in [0.15, 0.2) is 0 Å². The number of hydrogen-bond acceptors (Lipinski definition) is 3. The van der Waals surface area contributed by atoms with Crippen LogP contribution in [0, 0.1) is 11.8 Å². The third kappa shape index (κ3) is 4.54. The maximum absolute atomic E-state index is 11.4. The smallest absolute Gasteiger partial charge is 0.150 e. The van der Waals surface area contributed by atoms with E-state index in [1.165, 1.54) is 38.5 Å². The summed E-state index contributed by atoms with van der Waals surface area (Å²) < 4.78 is 22.8. The lowest BCUT2D eigenvalue weighted by Gasteiger charge is -2.23. The summed E-state index contributed by atoms with van der Waals surface area (Å²) in [7, 11) is -2.73. The van der Waals surface area contributed by atoms with Crippen LogP contribution in [-0.2, 0) is 9.84 Å². The second-order valence-electron chi connectivity index (χ2n) is 6.35. The van der Waals surface area contributed by atoms with Crippen LogP contribution in [-0.4, -0.2) is 26.0 Å². The molecule has 0 bridgehead atoms. The summed E-state index contributed by atoms with van der Waals surface area (Å²) >= 11 is 0. The summed E-state index contributed by atoms with van der Waals surface area (Å²) in [5, 5.41) is 0. The van der Waals surface area contributed by atoms with E-state index >= 15 is 0 Å². The van der Waals surface area contributed by atoms with Gasteiger partial charge in [0.05, 0.1) is 11.5 Å². The average molecular weight is 273 g/mol. The Balaban J connectivity index is 1.64. The maximum atomic E-state index is 11.4. The van der Waals surface area contributed by atoms with E-state index in [1.807, 2.05) is 0 Å². The minimum Gasteiger partial charge on any atom is -0.328 e. The van der Waals surface area contributed by atoms with Gasteiger partial charge in [-0.3, -0.25) is 0 Å². The first-order valence-corrected chi connectivity index (χ1v) is 9.33. The molecule has 2 N–H and O–H groups in total. The molecule has 0 spiro atoms. The molecule has 1 saturated heterocycles. The van der Waals surface area contributed by atoms with Gasteiger partial charge < -0.3 is 5.73 Å². The third-order valence-corrected chi connectivity index (χ3v) is 6.47. The van der Waals surface area contributed by atoms with Gasteiger partial charge in [-0.1, -0.05) is 32.1 Å². The Bertz CT molecular complexity index is 347. The molecule has 0 aromatic heterocycles. The Morgan fingerprint density at radius 1 is 1.06 bits per heavy atom. The molecule has 4 heteroatoms. The van der Waals surface area contributed by atoms with Gasteiger partial charge in [0.1, 0.15) is 0 Å². The topological polar surface area (TPSA) is 60.2 Å². The summed E-state index contributed by atoms with van der Waals surface area (Å²) in [6, 6.07) is 0.213. The minimum atomic E-state index is -2.73. The van der Waals surface area contributed by atoms with E-state index < -0.39 is 9.84 Å². The van der Waals surface area contributed by atoms with Crippen molar-refractivity contribution in [3.8, 4) is 0 Å². The number of hydrogen-bond donors (Lipinski definition) is 1. The Hall–Kier alpha value is -0.0900. The summed E-state index contributed by atoms with van der Waals surface area (Å²) in [4.78, 5) is 0. The maximum Gasteiger partial charge on any atom is 0.150 e. The van der Waals surface area contributed by atoms with Gasteiger partial charge in [0.2, 0.25) is 0 Å². The van der Waals surface area contributed by atoms with Crippen LogP contribution in [0.4, 0.5) is 0 Å². The molecule has 1 aliphatic carbocycles. The van der Waals surface area contributed by atoms with Crippen molar-refractivity contribution in [2.75, 3.05) is 11.5 Å². The second-order valence-corrected chi connectivity index (χ2v) is 8.57. The lowest BCUT2D eigenvalue weighted by Crippen LogP contribution is -2.25. The molecule has 1 saturated carbocycles. The van der Waals surface area contributed by atoms with Crippen LogP contribution in [0.1, 0.15) is 57.8 Å². The highest BCUT2D eigenvalue weighted by Crippen LogP contribution is 2.29. The SMILES string of the molecule is NC(CCC1CCCCC1)CC1CCS(=O)(=O)C1. The zero-order valence-electron chi connectivity index (χ0n) is 11.3. The molecule has 2 rings (SSSR count). The lowest BCUT2D eigenvalue weighted by molar-refractivity contribution is 0.314. The quantitative estimate of drug-likeness (QED) is 0.837. The van der Waals surface area contributed by atoms with Gasteiger partial charge in [-0.15, -0.1) is 0 Å². The first kappa shape index (κ1) is 14.3. The summed E-state index contributed by atoms with van der Waals surface area (Å²) in [6.07, 6.45) is 11.0. The van der Waals surface area contributed by atoms with E-state index in [9.17, 15) is 8.42 Å². The van der Waals surface area contributed by atoms with Crippen molar-refractivity contribution < 1.29 is 8.42 Å². The fourth-order valence-corrected chi connectivity index (χ4v) is 5.41. The summed E-state index contributed by atoms with van der Waals surface area (Å²) in [5.74, 6) is 1.98. The van der Waals surface area contributed by atoms with Crippen molar-refractivity contribution in [3.63, 3.8) is 0 Å². The first-order valence-electron chi connectivity index (χ1n) is 7.51. The van der Waals surface area contributed by atoms with Gasteiger partial charge in [0.15, 0.2) is 9.84 Å². The summed E-state index contributed by atoms with van der Waals surface area (Å²) in [5.41, 5.74) is 6.16. The zero-order chi connectivity index (χ0) is 13.0. The standard InChI is InChI=1S/C14H27NO2S/c15-14(7-6-12-4-2-1-3-5-12)10-13-8-9-18(16,17)11-13/h12-14H,1-11,15H2. The van der Waals surface area contributed by atoms with Crippen molar-refractivity contribution in [3.05, 3.63) is 0 Å². The summed E-state index contributed by atoms with van der Waals surface area (Å²) in [6.45, 7) is 0. The highest BCUT2D eigenvalue weighted by Gasteiger charge is 2.29. The van der Waals surface area contributed by atoms with Gasteiger partial charge in [0, 0.05) is 6.04 Å². The van der Waals surface area contributed by atoms with Crippen molar-refractivity contribution in [2.45, 2.75) is 63.8 Å². The van der Waals surface area contributed by atoms with E-state index in [0.29, 0.717) is 17.4 Å². The number of rotatable bonds is 5. The van der Waals surface area contributed by atoms with Crippen molar-refractivity contribution in [1.29, 1.82) is 0 Å². The Kier molecular flexibility index (Phi) is 5.07. The monoisotopic (exact) mass is 273 g/mol. The molecule has 106 valence electrons. The minimum absolute atomic E-state index is 0.213. The van der Waals surface area contributed by atoms with Gasteiger partial charge in [-0.05, 0) is 37.5 Å². The molecule has 1 heterocycles. The first-order chi connectivity index (χ1) is 8.55. The van der Waals surface area contributed by atoms with Crippen LogP contribution >= 0.6 is 0 Å². The Morgan fingerprint density at radius 3 is 2.39 bits per heavy atom. The van der Waals surface area contributed by atoms with E-state index in [0.717, 1.165) is 25.2 Å². The molecule has 0 amide bonds. The van der Waals surface area contributed by atoms with E-state index in [4.69, 9.17) is 5.73 Å². The average Bonchev–Trinajstić information content (AvgIpc) is 2.67. The molecule has 2 fully saturated rings. The Labute approximate surface area is 111 Å². The third-order valence-electron chi connectivity index (χ3n) is 4.63. The van der Waals surface area contributed by atoms with Gasteiger partial charge >= 0.3 is 0 Å². The van der Waals surface area contributed by atoms with Gasteiger partial charge in [-0.25, -0.2) is 8.42 Å². The van der Waals surface area contributed by atoms with Crippen molar-refractivity contribution >= 4 is 9.84 Å². The van der Waals surface area contributed by atoms with Crippen molar-refractivity contribution in [2.24, 2.45) is 17.6 Å². The largest absolute Gasteiger partial charge is 0.328 e. The highest BCUT2D eigenvalue weighted by atomic mass is 32.2. The van der Waals surface area contributed by atoms with Crippen molar-refractivity contribution in [1.82, 2.24) is 0 Å². The predicted molar refractivity (Wildman–Crippen MR) is 75.2 cm³/mol. The molecular weight excluding hydrogens is 246 g/mol. The van der Waals surface area contributed by atoms with Crippen LogP contribution in [0.3, 0.4) is 0 Å². The molecule has 18 heavy (non-hydrogen) atoms. The molecule has 0 aromatic rings. The fourth-order valence-electron chi connectivity index (χ4n) is 3.53. The molecule has 2 unspecified atom stereocenters. The molecule has 0 radical (unpaired) electrons. The van der Waals surface area contributed by atoms with Crippen LogP contribution < -0.4 is 5.73 Å². The van der Waals surface area contributed by atoms with Crippen LogP contribution in [0.5, 0.6) is 0 Å². The Morgan fingerprint density at radius 2 is 1.78 bits per heavy atom. The highest BCUT2D eigenvalue weighted by molar-refractivity contribution is 7.91. The fraction of sp³-hybridized carbons (Fsp3) is 1.00. The molecule has 3 nitrogen and oxygen atoms in total. The van der Waals surface area contributed by atoms with Gasteiger partial charge in [0.25, 0.3) is 0 Å². The van der Waals surface area contributed by atoms with E-state index in [2.05, 4.69) is 0 Å². The zero-order valence-corrected chi connectivity index (χ0v) is 12.1. The molecule has 2 aliphatic rings. The molecule has 2 atom stereocenters. The molecule has 1 aliphatic heterocycles. The molecule has 0 aromatic carbocycles. The predicted octanol–water partition coefficient (Wildman–Crippen LogP) is 2.50. The second kappa shape index (κ2) is 6.38. The number of nitrogens with two attached hydrogens (primary N) is 1. The van der Waals surface area contributed by atoms with Crippen LogP contribution in [0.2, 0.25) is 0 Å². The van der Waals surface area contributed by atoms with Crippen LogP contribution in [0.25, 0.3) is 0 Å².